The van der Waals surface area contributed by atoms with E-state index >= 15 is 0 Å². The average molecular weight is 278 g/mol. The maximum atomic E-state index is 11.7. The normalized spacial score (nSPS) is 14.6. The zero-order valence-corrected chi connectivity index (χ0v) is 12.6. The fourth-order valence-electron chi connectivity index (χ4n) is 2.39. The van der Waals surface area contributed by atoms with Crippen molar-refractivity contribution in [1.29, 1.82) is 0 Å². The maximum Gasteiger partial charge on any atom is 0.241 e. The SMILES string of the molecule is CCCC(CCC)Nc1cnn(CC(=O)NC2CC2)c1. The van der Waals surface area contributed by atoms with Crippen LogP contribution in [0.1, 0.15) is 52.4 Å². The third kappa shape index (κ3) is 4.87. The molecule has 1 fully saturated rings. The number of carbonyl (C=O) groups is 1. The smallest absolute Gasteiger partial charge is 0.241 e. The van der Waals surface area contributed by atoms with Gasteiger partial charge in [-0.2, -0.15) is 5.10 Å². The van der Waals surface area contributed by atoms with E-state index in [2.05, 4.69) is 29.6 Å². The number of amides is 1. The van der Waals surface area contributed by atoms with Gasteiger partial charge in [-0.15, -0.1) is 0 Å². The number of hydrogen-bond donors (Lipinski definition) is 2. The summed E-state index contributed by atoms with van der Waals surface area (Å²) in [5, 5.41) is 10.7. The van der Waals surface area contributed by atoms with Gasteiger partial charge in [0.05, 0.1) is 11.9 Å². The molecule has 0 radical (unpaired) electrons. The molecule has 0 spiro atoms. The molecule has 1 aromatic heterocycles. The topological polar surface area (TPSA) is 59.0 Å². The summed E-state index contributed by atoms with van der Waals surface area (Å²) in [6, 6.07) is 0.914. The zero-order valence-electron chi connectivity index (χ0n) is 12.6. The molecule has 0 saturated heterocycles. The van der Waals surface area contributed by atoms with E-state index in [0.29, 0.717) is 18.6 Å². The Morgan fingerprint density at radius 2 is 2.10 bits per heavy atom. The molecule has 0 unspecified atom stereocenters. The van der Waals surface area contributed by atoms with Crippen molar-refractivity contribution in [2.75, 3.05) is 5.32 Å². The highest BCUT2D eigenvalue weighted by Gasteiger charge is 2.23. The average Bonchev–Trinajstić information content (AvgIpc) is 3.10. The fraction of sp³-hybridized carbons (Fsp3) is 0.733. The predicted octanol–water partition coefficient (Wildman–Crippen LogP) is 2.54. The molecular formula is C15H26N4O. The second-order valence-electron chi connectivity index (χ2n) is 5.69. The lowest BCUT2D eigenvalue weighted by Gasteiger charge is -2.17. The van der Waals surface area contributed by atoms with E-state index in [1.54, 1.807) is 4.68 Å². The highest BCUT2D eigenvalue weighted by molar-refractivity contribution is 5.76. The Morgan fingerprint density at radius 1 is 1.40 bits per heavy atom. The first-order chi connectivity index (χ1) is 9.71. The molecule has 1 aliphatic rings. The number of nitrogens with zero attached hydrogens (tertiary/aromatic N) is 2. The Kier molecular flexibility index (Phi) is 5.44. The molecule has 112 valence electrons. The highest BCUT2D eigenvalue weighted by Crippen LogP contribution is 2.18. The summed E-state index contributed by atoms with van der Waals surface area (Å²) < 4.78 is 1.70. The monoisotopic (exact) mass is 278 g/mol. The number of hydrogen-bond acceptors (Lipinski definition) is 3. The second-order valence-corrected chi connectivity index (χ2v) is 5.69. The van der Waals surface area contributed by atoms with E-state index in [4.69, 9.17) is 0 Å². The Bertz CT molecular complexity index is 419. The maximum absolute atomic E-state index is 11.7. The molecule has 5 nitrogen and oxygen atoms in total. The van der Waals surface area contributed by atoms with Crippen molar-refractivity contribution in [1.82, 2.24) is 15.1 Å². The van der Waals surface area contributed by atoms with E-state index in [1.165, 1.54) is 25.7 Å². The third-order valence-electron chi connectivity index (χ3n) is 3.53. The Balaban J connectivity index is 1.81. The van der Waals surface area contributed by atoms with E-state index in [-0.39, 0.29) is 5.91 Å². The Hall–Kier alpha value is -1.52. The number of aromatic nitrogens is 2. The molecule has 1 saturated carbocycles. The molecule has 0 aliphatic heterocycles. The van der Waals surface area contributed by atoms with Crippen molar-refractivity contribution in [2.45, 2.75) is 71.0 Å². The zero-order chi connectivity index (χ0) is 14.4. The van der Waals surface area contributed by atoms with E-state index in [1.807, 2.05) is 12.4 Å². The Morgan fingerprint density at radius 3 is 2.70 bits per heavy atom. The van der Waals surface area contributed by atoms with Crippen molar-refractivity contribution in [3.63, 3.8) is 0 Å². The van der Waals surface area contributed by atoms with E-state index in [0.717, 1.165) is 18.5 Å². The predicted molar refractivity (Wildman–Crippen MR) is 80.6 cm³/mol. The summed E-state index contributed by atoms with van der Waals surface area (Å²) in [6.45, 7) is 4.72. The lowest BCUT2D eigenvalue weighted by Crippen LogP contribution is -2.29. The van der Waals surface area contributed by atoms with Crippen LogP contribution >= 0.6 is 0 Å². The standard InChI is InChI=1S/C15H26N4O/c1-3-5-12(6-4-2)17-14-9-16-19(10-14)11-15(20)18-13-7-8-13/h9-10,12-13,17H,3-8,11H2,1-2H3,(H,18,20). The third-order valence-corrected chi connectivity index (χ3v) is 3.53. The van der Waals surface area contributed by atoms with E-state index in [9.17, 15) is 4.79 Å². The van der Waals surface area contributed by atoms with Crippen molar-refractivity contribution < 1.29 is 4.79 Å². The van der Waals surface area contributed by atoms with Gasteiger partial charge in [-0.25, -0.2) is 0 Å². The summed E-state index contributed by atoms with van der Waals surface area (Å²) in [5.74, 6) is 0.0563. The molecule has 5 heteroatoms. The minimum Gasteiger partial charge on any atom is -0.380 e. The lowest BCUT2D eigenvalue weighted by molar-refractivity contribution is -0.122. The van der Waals surface area contributed by atoms with Crippen molar-refractivity contribution in [3.8, 4) is 0 Å². The molecule has 0 atom stereocenters. The molecule has 1 amide bonds. The molecule has 2 N–H and O–H groups in total. The first-order valence-corrected chi connectivity index (χ1v) is 7.79. The summed E-state index contributed by atoms with van der Waals surface area (Å²) in [7, 11) is 0. The summed E-state index contributed by atoms with van der Waals surface area (Å²) >= 11 is 0. The van der Waals surface area contributed by atoms with Crippen LogP contribution < -0.4 is 10.6 Å². The van der Waals surface area contributed by atoms with Gasteiger partial charge in [0.1, 0.15) is 6.54 Å². The van der Waals surface area contributed by atoms with Crippen LogP contribution in [-0.4, -0.2) is 27.8 Å². The van der Waals surface area contributed by atoms with Gasteiger partial charge < -0.3 is 10.6 Å². The van der Waals surface area contributed by atoms with Gasteiger partial charge in [-0.3, -0.25) is 9.48 Å². The molecule has 1 aromatic rings. The molecule has 1 heterocycles. The number of carbonyl (C=O) groups excluding carboxylic acids is 1. The first-order valence-electron chi connectivity index (χ1n) is 7.79. The van der Waals surface area contributed by atoms with Gasteiger partial charge in [0, 0.05) is 18.3 Å². The fourth-order valence-corrected chi connectivity index (χ4v) is 2.39. The summed E-state index contributed by atoms with van der Waals surface area (Å²) in [5.41, 5.74) is 1.01. The molecule has 0 bridgehead atoms. The quantitative estimate of drug-likeness (QED) is 0.730. The van der Waals surface area contributed by atoms with Gasteiger partial charge >= 0.3 is 0 Å². The minimum atomic E-state index is 0.0563. The van der Waals surface area contributed by atoms with Crippen LogP contribution in [-0.2, 0) is 11.3 Å². The van der Waals surface area contributed by atoms with Gasteiger partial charge in [-0.05, 0) is 25.7 Å². The van der Waals surface area contributed by atoms with E-state index < -0.39 is 0 Å². The van der Waals surface area contributed by atoms with Crippen molar-refractivity contribution in [2.24, 2.45) is 0 Å². The van der Waals surface area contributed by atoms with Crippen LogP contribution in [0, 0.1) is 0 Å². The molecule has 0 aromatic carbocycles. The van der Waals surface area contributed by atoms with Gasteiger partial charge in [0.25, 0.3) is 0 Å². The van der Waals surface area contributed by atoms with Gasteiger partial charge in [0.2, 0.25) is 5.91 Å². The number of nitrogens with one attached hydrogen (secondary N) is 2. The van der Waals surface area contributed by atoms with Crippen LogP contribution in [0.4, 0.5) is 5.69 Å². The molecule has 2 rings (SSSR count). The summed E-state index contributed by atoms with van der Waals surface area (Å²) in [6.07, 6.45) is 10.7. The van der Waals surface area contributed by atoms with Crippen LogP contribution in [0.25, 0.3) is 0 Å². The van der Waals surface area contributed by atoms with Crippen molar-refractivity contribution in [3.05, 3.63) is 12.4 Å². The van der Waals surface area contributed by atoms with Crippen LogP contribution in [0.2, 0.25) is 0 Å². The largest absolute Gasteiger partial charge is 0.380 e. The van der Waals surface area contributed by atoms with Crippen LogP contribution in [0.3, 0.4) is 0 Å². The van der Waals surface area contributed by atoms with Gasteiger partial charge in [-0.1, -0.05) is 26.7 Å². The molecule has 1 aliphatic carbocycles. The number of rotatable bonds is 9. The van der Waals surface area contributed by atoms with Crippen LogP contribution in [0.15, 0.2) is 12.4 Å². The number of anilines is 1. The van der Waals surface area contributed by atoms with Gasteiger partial charge in [0.15, 0.2) is 0 Å². The highest BCUT2D eigenvalue weighted by atomic mass is 16.2. The lowest BCUT2D eigenvalue weighted by atomic mass is 10.1. The second kappa shape index (κ2) is 7.31. The molecular weight excluding hydrogens is 252 g/mol. The minimum absolute atomic E-state index is 0.0563. The molecule has 20 heavy (non-hydrogen) atoms. The van der Waals surface area contributed by atoms with Crippen molar-refractivity contribution >= 4 is 11.6 Å². The first kappa shape index (κ1) is 14.9. The van der Waals surface area contributed by atoms with Crippen LogP contribution in [0.5, 0.6) is 0 Å². The Labute approximate surface area is 121 Å². The summed E-state index contributed by atoms with van der Waals surface area (Å²) in [4.78, 5) is 11.7.